The van der Waals surface area contributed by atoms with E-state index in [4.69, 9.17) is 0 Å². The maximum atomic E-state index is 11.2. The van der Waals surface area contributed by atoms with Gasteiger partial charge in [-0.25, -0.2) is 0 Å². The molecule has 1 aromatic carbocycles. The molecule has 0 aliphatic heterocycles. The lowest BCUT2D eigenvalue weighted by atomic mass is 9.94. The van der Waals surface area contributed by atoms with Gasteiger partial charge in [0.2, 0.25) is 6.54 Å². The molecule has 0 heterocycles. The predicted octanol–water partition coefficient (Wildman–Crippen LogP) is 1.92. The highest BCUT2D eigenvalue weighted by atomic mass is 16.6. The van der Waals surface area contributed by atoms with Gasteiger partial charge in [-0.05, 0) is 12.5 Å². The van der Waals surface area contributed by atoms with Gasteiger partial charge in [0.1, 0.15) is 0 Å². The Bertz CT molecular complexity index is 417. The molecule has 0 spiro atoms. The van der Waals surface area contributed by atoms with Gasteiger partial charge in [0.15, 0.2) is 0 Å². The summed E-state index contributed by atoms with van der Waals surface area (Å²) >= 11 is 0. The van der Waals surface area contributed by atoms with E-state index in [1.165, 1.54) is 7.11 Å². The van der Waals surface area contributed by atoms with Gasteiger partial charge < -0.3 is 4.74 Å². The second kappa shape index (κ2) is 5.98. The molecule has 1 rings (SSSR count). The van der Waals surface area contributed by atoms with Gasteiger partial charge in [0, 0.05) is 4.92 Å². The Labute approximate surface area is 99.5 Å². The van der Waals surface area contributed by atoms with Gasteiger partial charge >= 0.3 is 5.97 Å². The van der Waals surface area contributed by atoms with Gasteiger partial charge in [0.25, 0.3) is 0 Å². The molecule has 0 aliphatic carbocycles. The number of methoxy groups -OCH3 is 1. The maximum absolute atomic E-state index is 11.2. The summed E-state index contributed by atoms with van der Waals surface area (Å²) in [7, 11) is 1.28. The molecule has 0 saturated carbocycles. The van der Waals surface area contributed by atoms with Crippen molar-refractivity contribution < 1.29 is 14.5 Å². The Morgan fingerprint density at radius 1 is 1.53 bits per heavy atom. The van der Waals surface area contributed by atoms with Crippen LogP contribution in [0.4, 0.5) is 0 Å². The van der Waals surface area contributed by atoms with E-state index in [0.717, 1.165) is 11.1 Å². The summed E-state index contributed by atoms with van der Waals surface area (Å²) in [6.45, 7) is 1.64. The van der Waals surface area contributed by atoms with Crippen LogP contribution in [0.5, 0.6) is 0 Å². The fourth-order valence-corrected chi connectivity index (χ4v) is 1.68. The third kappa shape index (κ3) is 4.22. The highest BCUT2D eigenvalue weighted by Gasteiger charge is 2.21. The molecule has 5 heteroatoms. The Morgan fingerprint density at radius 3 is 2.76 bits per heavy atom. The van der Waals surface area contributed by atoms with Crippen LogP contribution in [0.3, 0.4) is 0 Å². The minimum Gasteiger partial charge on any atom is -0.469 e. The summed E-state index contributed by atoms with van der Waals surface area (Å²) in [5.74, 6) is -0.865. The second-order valence-corrected chi connectivity index (χ2v) is 3.91. The van der Waals surface area contributed by atoms with Crippen LogP contribution in [-0.2, 0) is 9.53 Å². The molecule has 0 N–H and O–H groups in total. The lowest BCUT2D eigenvalue weighted by molar-refractivity contribution is -0.483. The number of ether oxygens (including phenoxy) is 1. The zero-order chi connectivity index (χ0) is 12.8. The van der Waals surface area contributed by atoms with E-state index in [1.807, 2.05) is 25.1 Å². The molecule has 5 nitrogen and oxygen atoms in total. The van der Waals surface area contributed by atoms with Crippen molar-refractivity contribution in [2.24, 2.45) is 0 Å². The number of aryl methyl sites for hydroxylation is 1. The number of carbonyl (C=O) groups is 1. The van der Waals surface area contributed by atoms with Crippen LogP contribution in [0.2, 0.25) is 0 Å². The van der Waals surface area contributed by atoms with Gasteiger partial charge in [-0.3, -0.25) is 14.9 Å². The van der Waals surface area contributed by atoms with Crippen LogP contribution in [0.15, 0.2) is 24.3 Å². The van der Waals surface area contributed by atoms with E-state index < -0.39 is 16.8 Å². The summed E-state index contributed by atoms with van der Waals surface area (Å²) in [6, 6.07) is 7.39. The fraction of sp³-hybridized carbons (Fsp3) is 0.417. The van der Waals surface area contributed by atoms with E-state index in [-0.39, 0.29) is 13.0 Å². The number of rotatable bonds is 5. The van der Waals surface area contributed by atoms with E-state index in [2.05, 4.69) is 4.74 Å². The summed E-state index contributed by atoms with van der Waals surface area (Å²) in [6.07, 6.45) is 0.0287. The first-order valence-electron chi connectivity index (χ1n) is 5.28. The topological polar surface area (TPSA) is 69.4 Å². The molecular weight excluding hydrogens is 222 g/mol. The van der Waals surface area contributed by atoms with Gasteiger partial charge in [0.05, 0.1) is 19.4 Å². The largest absolute Gasteiger partial charge is 0.469 e. The monoisotopic (exact) mass is 237 g/mol. The highest BCUT2D eigenvalue weighted by molar-refractivity contribution is 5.70. The smallest absolute Gasteiger partial charge is 0.306 e. The number of carbonyl (C=O) groups excluding carboxylic acids is 1. The summed E-state index contributed by atoms with van der Waals surface area (Å²) < 4.78 is 4.55. The molecule has 0 bridgehead atoms. The molecule has 1 unspecified atom stereocenters. The molecule has 92 valence electrons. The molecular formula is C12H15NO4. The molecule has 1 aromatic rings. The minimum absolute atomic E-state index is 0.0287. The van der Waals surface area contributed by atoms with Gasteiger partial charge in [-0.2, -0.15) is 0 Å². The number of nitrogens with zero attached hydrogens (tertiary/aromatic N) is 1. The molecule has 0 radical (unpaired) electrons. The number of hydrogen-bond donors (Lipinski definition) is 0. The predicted molar refractivity (Wildman–Crippen MR) is 62.4 cm³/mol. The first kappa shape index (κ1) is 13.2. The van der Waals surface area contributed by atoms with E-state index >= 15 is 0 Å². The van der Waals surface area contributed by atoms with E-state index in [9.17, 15) is 14.9 Å². The Morgan fingerprint density at radius 2 is 2.24 bits per heavy atom. The zero-order valence-corrected chi connectivity index (χ0v) is 9.88. The number of esters is 1. The van der Waals surface area contributed by atoms with Crippen LogP contribution in [0.1, 0.15) is 23.5 Å². The average molecular weight is 237 g/mol. The lowest BCUT2D eigenvalue weighted by Gasteiger charge is -2.12. The van der Waals surface area contributed by atoms with E-state index in [0.29, 0.717) is 0 Å². The highest BCUT2D eigenvalue weighted by Crippen LogP contribution is 2.21. The van der Waals surface area contributed by atoms with Crippen molar-refractivity contribution in [3.05, 3.63) is 45.5 Å². The maximum Gasteiger partial charge on any atom is 0.306 e. The Balaban J connectivity index is 2.89. The summed E-state index contributed by atoms with van der Waals surface area (Å²) in [5, 5.41) is 10.6. The van der Waals surface area contributed by atoms with Crippen molar-refractivity contribution in [1.29, 1.82) is 0 Å². The van der Waals surface area contributed by atoms with E-state index in [1.54, 1.807) is 6.07 Å². The first-order chi connectivity index (χ1) is 8.02. The summed E-state index contributed by atoms with van der Waals surface area (Å²) in [5.41, 5.74) is 1.81. The van der Waals surface area contributed by atoms with Crippen molar-refractivity contribution >= 4 is 5.97 Å². The number of nitro groups is 1. The molecule has 1 atom stereocenters. The third-order valence-electron chi connectivity index (χ3n) is 2.52. The molecule has 0 amide bonds. The standard InChI is InChI=1S/C12H15NO4/c1-9-4-3-5-10(6-9)11(8-13(15)16)7-12(14)17-2/h3-6,11H,7-8H2,1-2H3. The summed E-state index contributed by atoms with van der Waals surface area (Å²) in [4.78, 5) is 21.4. The molecule has 0 fully saturated rings. The van der Waals surface area contributed by atoms with Crippen LogP contribution < -0.4 is 0 Å². The van der Waals surface area contributed by atoms with Crippen molar-refractivity contribution in [1.82, 2.24) is 0 Å². The molecule has 0 aliphatic rings. The molecule has 0 aromatic heterocycles. The Kier molecular flexibility index (Phi) is 4.63. The number of hydrogen-bond acceptors (Lipinski definition) is 4. The first-order valence-corrected chi connectivity index (χ1v) is 5.28. The molecule has 0 saturated heterocycles. The van der Waals surface area contributed by atoms with Gasteiger partial charge in [-0.15, -0.1) is 0 Å². The van der Waals surface area contributed by atoms with Crippen molar-refractivity contribution in [3.63, 3.8) is 0 Å². The van der Waals surface area contributed by atoms with Gasteiger partial charge in [-0.1, -0.05) is 29.8 Å². The molecule has 17 heavy (non-hydrogen) atoms. The second-order valence-electron chi connectivity index (χ2n) is 3.91. The quantitative estimate of drug-likeness (QED) is 0.445. The average Bonchev–Trinajstić information content (AvgIpc) is 2.27. The zero-order valence-electron chi connectivity index (χ0n) is 9.88. The van der Waals surface area contributed by atoms with Crippen LogP contribution >= 0.6 is 0 Å². The normalized spacial score (nSPS) is 11.9. The van der Waals surface area contributed by atoms with Crippen LogP contribution in [-0.4, -0.2) is 24.5 Å². The van der Waals surface area contributed by atoms with Crippen molar-refractivity contribution in [2.45, 2.75) is 19.3 Å². The fourth-order valence-electron chi connectivity index (χ4n) is 1.68. The minimum atomic E-state index is -0.433. The SMILES string of the molecule is COC(=O)CC(C[N+](=O)[O-])c1cccc(C)c1. The Hall–Kier alpha value is -1.91. The van der Waals surface area contributed by atoms with Crippen LogP contribution in [0, 0.1) is 17.0 Å². The van der Waals surface area contributed by atoms with Crippen LogP contribution in [0.25, 0.3) is 0 Å². The number of benzene rings is 1. The third-order valence-corrected chi connectivity index (χ3v) is 2.52. The lowest BCUT2D eigenvalue weighted by Crippen LogP contribution is -2.17. The van der Waals surface area contributed by atoms with Crippen molar-refractivity contribution in [3.8, 4) is 0 Å². The van der Waals surface area contributed by atoms with Crippen molar-refractivity contribution in [2.75, 3.05) is 13.7 Å².